The molecule has 0 spiro atoms. The third kappa shape index (κ3) is 3.89. The van der Waals surface area contributed by atoms with Gasteiger partial charge >= 0.3 is 0 Å². The number of benzene rings is 5. The van der Waals surface area contributed by atoms with Gasteiger partial charge < -0.3 is 10.6 Å². The van der Waals surface area contributed by atoms with Crippen molar-refractivity contribution >= 4 is 33.5 Å². The fourth-order valence-electron chi connectivity index (χ4n) is 3.78. The summed E-state index contributed by atoms with van der Waals surface area (Å²) in [7, 11) is 0. The first-order valence-electron chi connectivity index (χ1n) is 10.1. The molecule has 144 valence electrons. The van der Waals surface area contributed by atoms with Gasteiger partial charge in [0.2, 0.25) is 0 Å². The van der Waals surface area contributed by atoms with Gasteiger partial charge in [-0.05, 0) is 64.4 Å². The van der Waals surface area contributed by atoms with Crippen molar-refractivity contribution in [2.24, 2.45) is 0 Å². The SMILES string of the molecule is c1ccc(Nc2cc(Nc3ccccc3)cc(-c3cccc4ccccc34)c2)cc1. The molecular weight excluding hydrogens is 364 g/mol. The molecule has 0 saturated heterocycles. The van der Waals surface area contributed by atoms with Crippen molar-refractivity contribution in [1.29, 1.82) is 0 Å². The summed E-state index contributed by atoms with van der Waals surface area (Å²) in [5, 5.41) is 9.59. The van der Waals surface area contributed by atoms with Gasteiger partial charge in [-0.15, -0.1) is 0 Å². The zero-order chi connectivity index (χ0) is 20.2. The monoisotopic (exact) mass is 386 g/mol. The van der Waals surface area contributed by atoms with E-state index in [2.05, 4.69) is 95.6 Å². The van der Waals surface area contributed by atoms with Gasteiger partial charge in [-0.3, -0.25) is 0 Å². The summed E-state index contributed by atoms with van der Waals surface area (Å²) >= 11 is 0. The smallest absolute Gasteiger partial charge is 0.0411 e. The molecule has 30 heavy (non-hydrogen) atoms. The zero-order valence-corrected chi connectivity index (χ0v) is 16.5. The van der Waals surface area contributed by atoms with Gasteiger partial charge in [0.25, 0.3) is 0 Å². The van der Waals surface area contributed by atoms with Crippen LogP contribution < -0.4 is 10.6 Å². The summed E-state index contributed by atoms with van der Waals surface area (Å²) in [5.74, 6) is 0. The Morgan fingerprint density at radius 3 is 1.57 bits per heavy atom. The van der Waals surface area contributed by atoms with Crippen LogP contribution in [0.25, 0.3) is 21.9 Å². The Morgan fingerprint density at radius 2 is 0.933 bits per heavy atom. The van der Waals surface area contributed by atoms with Gasteiger partial charge in [0.1, 0.15) is 0 Å². The molecule has 5 rings (SSSR count). The molecule has 0 aliphatic carbocycles. The first-order valence-corrected chi connectivity index (χ1v) is 10.1. The van der Waals surface area contributed by atoms with Gasteiger partial charge in [0.15, 0.2) is 0 Å². The molecule has 0 aliphatic rings. The van der Waals surface area contributed by atoms with Gasteiger partial charge in [-0.2, -0.15) is 0 Å². The highest BCUT2D eigenvalue weighted by atomic mass is 14.9. The van der Waals surface area contributed by atoms with Crippen LogP contribution in [0.15, 0.2) is 121 Å². The van der Waals surface area contributed by atoms with E-state index < -0.39 is 0 Å². The second-order valence-electron chi connectivity index (χ2n) is 7.31. The van der Waals surface area contributed by atoms with Crippen LogP contribution >= 0.6 is 0 Å². The predicted octanol–water partition coefficient (Wildman–Crippen LogP) is 7.99. The van der Waals surface area contributed by atoms with E-state index in [4.69, 9.17) is 0 Å². The van der Waals surface area contributed by atoms with Crippen LogP contribution in [0.1, 0.15) is 0 Å². The van der Waals surface area contributed by atoms with Crippen LogP contribution in [0.4, 0.5) is 22.7 Å². The fourth-order valence-corrected chi connectivity index (χ4v) is 3.78. The maximum absolute atomic E-state index is 3.55. The lowest BCUT2D eigenvalue weighted by Gasteiger charge is -2.15. The quantitative estimate of drug-likeness (QED) is 0.320. The van der Waals surface area contributed by atoms with Crippen molar-refractivity contribution in [2.75, 3.05) is 10.6 Å². The highest BCUT2D eigenvalue weighted by Crippen LogP contribution is 2.34. The number of rotatable bonds is 5. The van der Waals surface area contributed by atoms with Gasteiger partial charge in [0, 0.05) is 22.7 Å². The average Bonchev–Trinajstić information content (AvgIpc) is 2.80. The van der Waals surface area contributed by atoms with E-state index in [9.17, 15) is 0 Å². The van der Waals surface area contributed by atoms with Crippen molar-refractivity contribution in [1.82, 2.24) is 0 Å². The second-order valence-corrected chi connectivity index (χ2v) is 7.31. The summed E-state index contributed by atoms with van der Waals surface area (Å²) in [6.45, 7) is 0. The Bertz CT molecular complexity index is 1210. The van der Waals surface area contributed by atoms with Crippen molar-refractivity contribution < 1.29 is 0 Å². The van der Waals surface area contributed by atoms with Gasteiger partial charge in [-0.25, -0.2) is 0 Å². The molecule has 2 nitrogen and oxygen atoms in total. The Kier molecular flexibility index (Phi) is 4.89. The summed E-state index contributed by atoms with van der Waals surface area (Å²) < 4.78 is 0. The molecule has 0 radical (unpaired) electrons. The molecular formula is C28H22N2. The third-order valence-corrected chi connectivity index (χ3v) is 5.16. The lowest BCUT2D eigenvalue weighted by Crippen LogP contribution is -1.95. The standard InChI is InChI=1S/C28H22N2/c1-3-12-23(13-4-1)29-25-18-22(19-26(20-25)30-24-14-5-2-6-15-24)28-17-9-11-21-10-7-8-16-27(21)28/h1-20,29-30H. The summed E-state index contributed by atoms with van der Waals surface area (Å²) in [4.78, 5) is 0. The normalized spacial score (nSPS) is 10.7. The van der Waals surface area contributed by atoms with Crippen LogP contribution in [0.3, 0.4) is 0 Å². The second kappa shape index (κ2) is 8.14. The summed E-state index contributed by atoms with van der Waals surface area (Å²) in [6, 6.07) is 42.1. The molecule has 0 amide bonds. The lowest BCUT2D eigenvalue weighted by atomic mass is 9.97. The van der Waals surface area contributed by atoms with Crippen molar-refractivity contribution in [3.63, 3.8) is 0 Å². The maximum atomic E-state index is 3.55. The van der Waals surface area contributed by atoms with Crippen LogP contribution in [-0.2, 0) is 0 Å². The highest BCUT2D eigenvalue weighted by molar-refractivity contribution is 5.98. The fraction of sp³-hybridized carbons (Fsp3) is 0. The molecule has 0 aromatic heterocycles. The highest BCUT2D eigenvalue weighted by Gasteiger charge is 2.08. The summed E-state index contributed by atoms with van der Waals surface area (Å²) in [5.41, 5.74) is 6.62. The van der Waals surface area contributed by atoms with Crippen molar-refractivity contribution in [2.45, 2.75) is 0 Å². The molecule has 0 unspecified atom stereocenters. The Labute approximate surface area is 176 Å². The largest absolute Gasteiger partial charge is 0.355 e. The van der Waals surface area contributed by atoms with E-state index in [0.717, 1.165) is 22.7 Å². The topological polar surface area (TPSA) is 24.1 Å². The van der Waals surface area contributed by atoms with Gasteiger partial charge in [0.05, 0.1) is 0 Å². The molecule has 0 atom stereocenters. The van der Waals surface area contributed by atoms with E-state index in [0.29, 0.717) is 0 Å². The van der Waals surface area contributed by atoms with Crippen molar-refractivity contribution in [3.8, 4) is 11.1 Å². The lowest BCUT2D eigenvalue weighted by molar-refractivity contribution is 1.51. The number of para-hydroxylation sites is 2. The first-order chi connectivity index (χ1) is 14.8. The van der Waals surface area contributed by atoms with Crippen LogP contribution in [0, 0.1) is 0 Å². The number of fused-ring (bicyclic) bond motifs is 1. The third-order valence-electron chi connectivity index (χ3n) is 5.16. The Balaban J connectivity index is 1.62. The van der Waals surface area contributed by atoms with E-state index in [1.54, 1.807) is 0 Å². The average molecular weight is 386 g/mol. The Hall–Kier alpha value is -4.04. The number of hydrogen-bond acceptors (Lipinski definition) is 2. The van der Waals surface area contributed by atoms with E-state index in [1.807, 2.05) is 36.4 Å². The van der Waals surface area contributed by atoms with Gasteiger partial charge in [-0.1, -0.05) is 78.9 Å². The molecule has 5 aromatic carbocycles. The molecule has 0 saturated carbocycles. The molecule has 0 heterocycles. The molecule has 0 fully saturated rings. The molecule has 0 bridgehead atoms. The maximum Gasteiger partial charge on any atom is 0.0411 e. The summed E-state index contributed by atoms with van der Waals surface area (Å²) in [6.07, 6.45) is 0. The van der Waals surface area contributed by atoms with Crippen LogP contribution in [0.5, 0.6) is 0 Å². The van der Waals surface area contributed by atoms with Crippen LogP contribution in [0.2, 0.25) is 0 Å². The van der Waals surface area contributed by atoms with Crippen LogP contribution in [-0.4, -0.2) is 0 Å². The molecule has 5 aromatic rings. The number of anilines is 4. The molecule has 2 N–H and O–H groups in total. The minimum Gasteiger partial charge on any atom is -0.355 e. The minimum atomic E-state index is 1.05. The number of nitrogens with one attached hydrogen (secondary N) is 2. The minimum absolute atomic E-state index is 1.05. The Morgan fingerprint density at radius 1 is 0.400 bits per heavy atom. The first kappa shape index (κ1) is 18.0. The zero-order valence-electron chi connectivity index (χ0n) is 16.5. The molecule has 0 aliphatic heterocycles. The number of hydrogen-bond donors (Lipinski definition) is 2. The van der Waals surface area contributed by atoms with E-state index >= 15 is 0 Å². The predicted molar refractivity (Wildman–Crippen MR) is 129 cm³/mol. The van der Waals surface area contributed by atoms with E-state index in [-0.39, 0.29) is 0 Å². The van der Waals surface area contributed by atoms with Crippen molar-refractivity contribution in [3.05, 3.63) is 121 Å². The molecule has 2 heteroatoms. The van der Waals surface area contributed by atoms with E-state index in [1.165, 1.54) is 21.9 Å².